The summed E-state index contributed by atoms with van der Waals surface area (Å²) in [6.07, 6.45) is 0.516. The summed E-state index contributed by atoms with van der Waals surface area (Å²) in [5.74, 6) is -0.694. The van der Waals surface area contributed by atoms with Gasteiger partial charge < -0.3 is 4.90 Å². The van der Waals surface area contributed by atoms with Gasteiger partial charge in [-0.15, -0.1) is 0 Å². The van der Waals surface area contributed by atoms with Gasteiger partial charge in [0.25, 0.3) is 5.56 Å². The molecule has 0 unspecified atom stereocenters. The number of rotatable bonds is 1. The minimum Gasteiger partial charge on any atom is -0.338 e. The lowest BCUT2D eigenvalue weighted by Gasteiger charge is -2.29. The lowest BCUT2D eigenvalue weighted by atomic mass is 9.99. The Hall–Kier alpha value is -2.24. The van der Waals surface area contributed by atoms with E-state index in [-0.39, 0.29) is 12.1 Å². The molecular weight excluding hydrogens is 264 g/mol. The molecule has 0 atom stereocenters. The molecule has 0 radical (unpaired) electrons. The van der Waals surface area contributed by atoms with Gasteiger partial charge in [0, 0.05) is 36.5 Å². The maximum Gasteiger partial charge on any atom is 0.252 e. The Morgan fingerprint density at radius 2 is 2.10 bits per heavy atom. The summed E-state index contributed by atoms with van der Waals surface area (Å²) < 4.78 is 27.0. The summed E-state index contributed by atoms with van der Waals surface area (Å²) in [7, 11) is 0. The third-order valence-electron chi connectivity index (χ3n) is 3.41. The Kier molecular flexibility index (Phi) is 3.00. The SMILES string of the molecule is Cc1cc(=O)[nH]c(N2CCc3cc(F)cc(F)c3C2)n1. The van der Waals surface area contributed by atoms with Crippen LogP contribution in [0.3, 0.4) is 0 Å². The summed E-state index contributed by atoms with van der Waals surface area (Å²) in [6, 6.07) is 3.65. The lowest BCUT2D eigenvalue weighted by molar-refractivity contribution is 0.553. The Morgan fingerprint density at radius 1 is 1.30 bits per heavy atom. The molecule has 1 N–H and O–H groups in total. The zero-order valence-electron chi connectivity index (χ0n) is 10.9. The molecule has 1 aliphatic rings. The number of fused-ring (bicyclic) bond motifs is 1. The number of benzene rings is 1. The van der Waals surface area contributed by atoms with E-state index in [2.05, 4.69) is 9.97 Å². The van der Waals surface area contributed by atoms with Crippen LogP contribution in [0.4, 0.5) is 14.7 Å². The van der Waals surface area contributed by atoms with Gasteiger partial charge in [-0.05, 0) is 25.0 Å². The number of halogens is 2. The molecule has 0 amide bonds. The number of aryl methyl sites for hydroxylation is 1. The average Bonchev–Trinajstić information content (AvgIpc) is 2.37. The maximum absolute atomic E-state index is 13.8. The fraction of sp³-hybridized carbons (Fsp3) is 0.286. The van der Waals surface area contributed by atoms with E-state index < -0.39 is 11.6 Å². The van der Waals surface area contributed by atoms with Crippen molar-refractivity contribution >= 4 is 5.95 Å². The number of aromatic nitrogens is 2. The molecule has 2 heterocycles. The first-order valence-corrected chi connectivity index (χ1v) is 6.32. The Labute approximate surface area is 114 Å². The standard InChI is InChI=1S/C14H13F2N3O/c1-8-4-13(20)18-14(17-8)19-3-2-9-5-10(15)6-12(16)11(9)7-19/h4-6H,2-3,7H2,1H3,(H,17,18,20). The van der Waals surface area contributed by atoms with E-state index in [1.165, 1.54) is 12.1 Å². The van der Waals surface area contributed by atoms with Crippen LogP contribution in [-0.4, -0.2) is 16.5 Å². The summed E-state index contributed by atoms with van der Waals surface area (Å²) in [5, 5.41) is 0. The molecule has 1 aliphatic heterocycles. The summed E-state index contributed by atoms with van der Waals surface area (Å²) in [6.45, 7) is 2.56. The number of anilines is 1. The molecule has 0 saturated carbocycles. The quantitative estimate of drug-likeness (QED) is 0.866. The van der Waals surface area contributed by atoms with E-state index in [0.717, 1.165) is 6.07 Å². The van der Waals surface area contributed by atoms with E-state index in [1.807, 2.05) is 0 Å². The first kappa shape index (κ1) is 12.8. The number of hydrogen-bond donors (Lipinski definition) is 1. The van der Waals surface area contributed by atoms with Crippen molar-refractivity contribution in [3.63, 3.8) is 0 Å². The maximum atomic E-state index is 13.8. The van der Waals surface area contributed by atoms with Crippen molar-refractivity contribution in [2.45, 2.75) is 19.9 Å². The summed E-state index contributed by atoms with van der Waals surface area (Å²) >= 11 is 0. The van der Waals surface area contributed by atoms with Crippen molar-refractivity contribution < 1.29 is 8.78 Å². The summed E-state index contributed by atoms with van der Waals surface area (Å²) in [5.41, 5.74) is 1.50. The van der Waals surface area contributed by atoms with E-state index in [4.69, 9.17) is 0 Å². The number of hydrogen-bond acceptors (Lipinski definition) is 3. The third-order valence-corrected chi connectivity index (χ3v) is 3.41. The van der Waals surface area contributed by atoms with Crippen molar-refractivity contribution in [1.82, 2.24) is 9.97 Å². The first-order valence-electron chi connectivity index (χ1n) is 6.32. The fourth-order valence-electron chi connectivity index (χ4n) is 2.48. The Morgan fingerprint density at radius 3 is 2.85 bits per heavy atom. The number of nitrogens with zero attached hydrogens (tertiary/aromatic N) is 2. The predicted molar refractivity (Wildman–Crippen MR) is 70.7 cm³/mol. The smallest absolute Gasteiger partial charge is 0.252 e. The Balaban J connectivity index is 1.98. The molecule has 0 spiro atoms. The zero-order valence-corrected chi connectivity index (χ0v) is 10.9. The van der Waals surface area contributed by atoms with Gasteiger partial charge in [0.05, 0.1) is 0 Å². The summed E-state index contributed by atoms with van der Waals surface area (Å²) in [4.78, 5) is 20.1. The predicted octanol–water partition coefficient (Wildman–Crippen LogP) is 1.92. The van der Waals surface area contributed by atoms with E-state index in [1.54, 1.807) is 11.8 Å². The van der Waals surface area contributed by atoms with Crippen LogP contribution in [0, 0.1) is 18.6 Å². The van der Waals surface area contributed by atoms with Crippen LogP contribution in [-0.2, 0) is 13.0 Å². The molecule has 0 aliphatic carbocycles. The second-order valence-electron chi connectivity index (χ2n) is 4.91. The van der Waals surface area contributed by atoms with Crippen molar-refractivity contribution in [3.05, 3.63) is 57.0 Å². The van der Waals surface area contributed by atoms with E-state index in [9.17, 15) is 13.6 Å². The van der Waals surface area contributed by atoms with Crippen molar-refractivity contribution in [2.24, 2.45) is 0 Å². The van der Waals surface area contributed by atoms with Gasteiger partial charge in [0.1, 0.15) is 11.6 Å². The van der Waals surface area contributed by atoms with Crippen LogP contribution in [0.2, 0.25) is 0 Å². The van der Waals surface area contributed by atoms with Gasteiger partial charge >= 0.3 is 0 Å². The van der Waals surface area contributed by atoms with Crippen LogP contribution in [0.1, 0.15) is 16.8 Å². The highest BCUT2D eigenvalue weighted by molar-refractivity contribution is 5.40. The van der Waals surface area contributed by atoms with Gasteiger partial charge in [-0.1, -0.05) is 0 Å². The molecule has 1 aromatic heterocycles. The highest BCUT2D eigenvalue weighted by Gasteiger charge is 2.22. The van der Waals surface area contributed by atoms with Crippen LogP contribution in [0.25, 0.3) is 0 Å². The van der Waals surface area contributed by atoms with Gasteiger partial charge in [-0.3, -0.25) is 9.78 Å². The average molecular weight is 277 g/mol. The molecule has 0 fully saturated rings. The Bertz CT molecular complexity index is 727. The highest BCUT2D eigenvalue weighted by Crippen LogP contribution is 2.25. The topological polar surface area (TPSA) is 49.0 Å². The van der Waals surface area contributed by atoms with Gasteiger partial charge in [0.2, 0.25) is 5.95 Å². The van der Waals surface area contributed by atoms with Crippen LogP contribution >= 0.6 is 0 Å². The number of H-pyrrole nitrogens is 1. The van der Waals surface area contributed by atoms with Crippen LogP contribution < -0.4 is 10.5 Å². The molecule has 104 valence electrons. The number of aromatic amines is 1. The highest BCUT2D eigenvalue weighted by atomic mass is 19.1. The normalized spacial score (nSPS) is 14.2. The van der Waals surface area contributed by atoms with Crippen LogP contribution in [0.5, 0.6) is 0 Å². The van der Waals surface area contributed by atoms with Crippen LogP contribution in [0.15, 0.2) is 23.0 Å². The molecule has 1 aromatic carbocycles. The second kappa shape index (κ2) is 4.70. The first-order chi connectivity index (χ1) is 9.52. The molecule has 6 heteroatoms. The largest absolute Gasteiger partial charge is 0.338 e. The molecule has 0 bridgehead atoms. The fourth-order valence-corrected chi connectivity index (χ4v) is 2.48. The molecule has 2 aromatic rings. The molecular formula is C14H13F2N3O. The van der Waals surface area contributed by atoms with Crippen molar-refractivity contribution in [1.29, 1.82) is 0 Å². The van der Waals surface area contributed by atoms with E-state index in [0.29, 0.717) is 35.7 Å². The zero-order chi connectivity index (χ0) is 14.3. The molecule has 20 heavy (non-hydrogen) atoms. The van der Waals surface area contributed by atoms with Gasteiger partial charge in [-0.25, -0.2) is 13.8 Å². The third kappa shape index (κ3) is 2.29. The van der Waals surface area contributed by atoms with E-state index >= 15 is 0 Å². The molecule has 4 nitrogen and oxygen atoms in total. The minimum absolute atomic E-state index is 0.238. The van der Waals surface area contributed by atoms with Crippen molar-refractivity contribution in [3.8, 4) is 0 Å². The van der Waals surface area contributed by atoms with Gasteiger partial charge in [0.15, 0.2) is 0 Å². The van der Waals surface area contributed by atoms with Crippen molar-refractivity contribution in [2.75, 3.05) is 11.4 Å². The molecule has 0 saturated heterocycles. The van der Waals surface area contributed by atoms with Gasteiger partial charge in [-0.2, -0.15) is 0 Å². The minimum atomic E-state index is -0.559. The number of nitrogens with one attached hydrogen (secondary N) is 1. The molecule has 3 rings (SSSR count). The second-order valence-corrected chi connectivity index (χ2v) is 4.91. The lowest BCUT2D eigenvalue weighted by Crippen LogP contribution is -2.34. The monoisotopic (exact) mass is 277 g/mol.